The van der Waals surface area contributed by atoms with E-state index in [0.29, 0.717) is 33.6 Å². The number of nitrogens with one attached hydrogen (secondary N) is 3. The molecule has 1 aliphatic rings. The molecule has 2 heterocycles. The molecule has 0 radical (unpaired) electrons. The zero-order chi connectivity index (χ0) is 24.9. The highest BCUT2D eigenvalue weighted by molar-refractivity contribution is 6.08. The second kappa shape index (κ2) is 10.5. The molecule has 9 nitrogen and oxygen atoms in total. The summed E-state index contributed by atoms with van der Waals surface area (Å²) in [5.74, 6) is -1.20. The fourth-order valence-corrected chi connectivity index (χ4v) is 4.60. The molecule has 1 saturated carbocycles. The molecule has 0 saturated heterocycles. The lowest BCUT2D eigenvalue weighted by molar-refractivity contribution is -0.137. The fraction of sp³-hybridized carbons (Fsp3) is 0.320. The molecule has 0 aliphatic heterocycles. The number of fused-ring (bicyclic) bond motifs is 1. The van der Waals surface area contributed by atoms with Gasteiger partial charge in [0.15, 0.2) is 5.69 Å². The highest BCUT2D eigenvalue weighted by Gasteiger charge is 2.27. The van der Waals surface area contributed by atoms with E-state index < -0.39 is 17.7 Å². The number of carboxylic acid groups (broad SMARTS) is 1. The van der Waals surface area contributed by atoms with Crippen LogP contribution in [0.4, 0.5) is 4.39 Å². The van der Waals surface area contributed by atoms with Crippen molar-refractivity contribution >= 4 is 34.7 Å². The van der Waals surface area contributed by atoms with Gasteiger partial charge >= 0.3 is 5.97 Å². The van der Waals surface area contributed by atoms with Crippen LogP contribution < -0.4 is 10.6 Å². The van der Waals surface area contributed by atoms with E-state index >= 15 is 0 Å². The minimum atomic E-state index is -1.03. The van der Waals surface area contributed by atoms with Crippen LogP contribution in [-0.4, -0.2) is 44.8 Å². The highest BCUT2D eigenvalue weighted by Crippen LogP contribution is 2.35. The average molecular weight is 479 g/mol. The first-order valence-electron chi connectivity index (χ1n) is 11.4. The van der Waals surface area contributed by atoms with Gasteiger partial charge in [-0.3, -0.25) is 9.59 Å². The average Bonchev–Trinajstić information content (AvgIpc) is 3.48. The summed E-state index contributed by atoms with van der Waals surface area (Å²) in [6.07, 6.45) is 8.16. The van der Waals surface area contributed by atoms with E-state index in [-0.39, 0.29) is 24.7 Å². The van der Waals surface area contributed by atoms with Crippen LogP contribution in [0.2, 0.25) is 0 Å². The summed E-state index contributed by atoms with van der Waals surface area (Å²) < 4.78 is 15.8. The summed E-state index contributed by atoms with van der Waals surface area (Å²) in [7, 11) is 1.69. The van der Waals surface area contributed by atoms with Gasteiger partial charge in [0.25, 0.3) is 5.91 Å². The predicted molar refractivity (Wildman–Crippen MR) is 130 cm³/mol. The maximum atomic E-state index is 14.2. The van der Waals surface area contributed by atoms with Crippen molar-refractivity contribution in [3.63, 3.8) is 0 Å². The minimum absolute atomic E-state index is 0.0229. The van der Waals surface area contributed by atoms with Gasteiger partial charge in [-0.25, -0.2) is 14.4 Å². The monoisotopic (exact) mass is 478 g/mol. The number of allylic oxidation sites excluding steroid dienone is 1. The molecule has 0 spiro atoms. The zero-order valence-electron chi connectivity index (χ0n) is 19.3. The first-order valence-corrected chi connectivity index (χ1v) is 11.4. The molecule has 3 aromatic rings. The number of nitrogens with zero attached hydrogens (tertiary/aromatic N) is 3. The van der Waals surface area contributed by atoms with E-state index in [4.69, 9.17) is 5.41 Å². The first kappa shape index (κ1) is 24.1. The third kappa shape index (κ3) is 5.21. The summed E-state index contributed by atoms with van der Waals surface area (Å²) in [6, 6.07) is 6.00. The van der Waals surface area contributed by atoms with E-state index in [9.17, 15) is 19.1 Å². The molecule has 1 aliphatic carbocycles. The molecule has 0 unspecified atom stereocenters. The van der Waals surface area contributed by atoms with Crippen molar-refractivity contribution < 1.29 is 19.1 Å². The number of aliphatic carboxylic acids is 1. The van der Waals surface area contributed by atoms with Gasteiger partial charge in [0.1, 0.15) is 23.7 Å². The van der Waals surface area contributed by atoms with Crippen molar-refractivity contribution in [2.45, 2.75) is 44.7 Å². The van der Waals surface area contributed by atoms with Crippen molar-refractivity contribution in [2.75, 3.05) is 7.05 Å². The third-order valence-electron chi connectivity index (χ3n) is 6.11. The lowest BCUT2D eigenvalue weighted by atomic mass is 10.0. The maximum Gasteiger partial charge on any atom is 0.323 e. The summed E-state index contributed by atoms with van der Waals surface area (Å²) in [4.78, 5) is 33.7. The van der Waals surface area contributed by atoms with Gasteiger partial charge in [-0.1, -0.05) is 12.8 Å². The molecule has 0 bridgehead atoms. The number of hydrogen-bond donors (Lipinski definition) is 4. The number of carboxylic acids is 1. The van der Waals surface area contributed by atoms with Crippen molar-refractivity contribution in [3.8, 4) is 0 Å². The van der Waals surface area contributed by atoms with E-state index in [1.54, 1.807) is 29.9 Å². The third-order valence-corrected chi connectivity index (χ3v) is 6.11. The Morgan fingerprint density at radius 3 is 2.74 bits per heavy atom. The largest absolute Gasteiger partial charge is 0.480 e. The quantitative estimate of drug-likeness (QED) is 0.348. The van der Waals surface area contributed by atoms with Crippen LogP contribution in [0.5, 0.6) is 0 Å². The molecule has 4 rings (SSSR count). The van der Waals surface area contributed by atoms with Crippen LogP contribution in [0.15, 0.2) is 36.7 Å². The predicted octanol–water partition coefficient (Wildman–Crippen LogP) is 3.45. The Kier molecular flexibility index (Phi) is 7.19. The summed E-state index contributed by atoms with van der Waals surface area (Å²) in [6.45, 7) is -0.291. The van der Waals surface area contributed by atoms with E-state index in [1.165, 1.54) is 18.3 Å². The van der Waals surface area contributed by atoms with Gasteiger partial charge < -0.3 is 25.7 Å². The zero-order valence-corrected chi connectivity index (χ0v) is 19.3. The van der Waals surface area contributed by atoms with Crippen LogP contribution >= 0.6 is 0 Å². The van der Waals surface area contributed by atoms with E-state index in [0.717, 1.165) is 31.9 Å². The van der Waals surface area contributed by atoms with Gasteiger partial charge in [-0.2, -0.15) is 0 Å². The van der Waals surface area contributed by atoms with Gasteiger partial charge in [0.05, 0.1) is 5.52 Å². The van der Waals surface area contributed by atoms with Gasteiger partial charge in [0, 0.05) is 43.7 Å². The van der Waals surface area contributed by atoms with Crippen LogP contribution in [0, 0.1) is 11.2 Å². The second-order valence-electron chi connectivity index (χ2n) is 8.52. The number of carbonyl (C=O) groups excluding carboxylic acids is 1. The SMILES string of the molecule is CN/C=C(\C=N)c1cc(F)cc(CNC(=O)c2nccc3nc(C4CCCC4)n(CC(=O)O)c23)c1. The Morgan fingerprint density at radius 1 is 1.29 bits per heavy atom. The molecule has 10 heteroatoms. The van der Waals surface area contributed by atoms with Crippen LogP contribution in [0.1, 0.15) is 59.0 Å². The number of carbonyl (C=O) groups is 2. The van der Waals surface area contributed by atoms with Crippen LogP contribution in [0.25, 0.3) is 16.6 Å². The summed E-state index contributed by atoms with van der Waals surface area (Å²) in [5, 5.41) is 22.7. The Hall–Kier alpha value is -4.08. The number of hydrogen-bond acceptors (Lipinski definition) is 6. The smallest absolute Gasteiger partial charge is 0.323 e. The summed E-state index contributed by atoms with van der Waals surface area (Å²) in [5.41, 5.74) is 2.48. The lowest BCUT2D eigenvalue weighted by Gasteiger charge is -2.13. The Bertz CT molecular complexity index is 1310. The normalized spacial score (nSPS) is 14.3. The lowest BCUT2D eigenvalue weighted by Crippen LogP contribution is -2.25. The topological polar surface area (TPSA) is 133 Å². The number of pyridine rings is 1. The summed E-state index contributed by atoms with van der Waals surface area (Å²) >= 11 is 0. The fourth-order valence-electron chi connectivity index (χ4n) is 4.60. The highest BCUT2D eigenvalue weighted by atomic mass is 19.1. The maximum absolute atomic E-state index is 14.2. The number of rotatable bonds is 9. The molecule has 1 aromatic carbocycles. The minimum Gasteiger partial charge on any atom is -0.480 e. The molecule has 0 atom stereocenters. The van der Waals surface area contributed by atoms with E-state index in [2.05, 4.69) is 20.6 Å². The molecular formula is C25H27FN6O3. The van der Waals surface area contributed by atoms with Gasteiger partial charge in [-0.05, 0) is 48.2 Å². The molecule has 35 heavy (non-hydrogen) atoms. The van der Waals surface area contributed by atoms with Crippen molar-refractivity contribution in [3.05, 3.63) is 65.1 Å². The Morgan fingerprint density at radius 2 is 2.06 bits per heavy atom. The van der Waals surface area contributed by atoms with Crippen LogP contribution in [-0.2, 0) is 17.9 Å². The number of amides is 1. The molecule has 1 fully saturated rings. The van der Waals surface area contributed by atoms with Gasteiger partial charge in [-0.15, -0.1) is 0 Å². The standard InChI is InChI=1S/C25H27FN6O3/c1-28-13-18(11-27)17-8-15(9-19(26)10-17)12-30-25(35)22-23-20(6-7-29-22)31-24(16-4-2-3-5-16)32(23)14-21(33)34/h6-11,13,16,27-28H,2-5,12,14H2,1H3,(H,30,35)(H,33,34)/b18-13+,27-11?. The molecule has 182 valence electrons. The first-order chi connectivity index (χ1) is 16.9. The van der Waals surface area contributed by atoms with Crippen molar-refractivity contribution in [1.29, 1.82) is 5.41 Å². The second-order valence-corrected chi connectivity index (χ2v) is 8.52. The molecular weight excluding hydrogens is 451 g/mol. The number of benzene rings is 1. The number of aromatic nitrogens is 3. The number of imidazole rings is 1. The Balaban J connectivity index is 1.65. The molecule has 1 amide bonds. The Labute approximate surface area is 201 Å². The van der Waals surface area contributed by atoms with Crippen LogP contribution in [0.3, 0.4) is 0 Å². The van der Waals surface area contributed by atoms with Crippen molar-refractivity contribution in [1.82, 2.24) is 25.2 Å². The van der Waals surface area contributed by atoms with E-state index in [1.807, 2.05) is 0 Å². The van der Waals surface area contributed by atoms with Gasteiger partial charge in [0.2, 0.25) is 0 Å². The molecule has 2 aromatic heterocycles. The molecule has 4 N–H and O–H groups in total. The van der Waals surface area contributed by atoms with Crippen molar-refractivity contribution in [2.24, 2.45) is 0 Å². The number of halogens is 1.